The molecule has 0 spiro atoms. The van der Waals surface area contributed by atoms with Crippen molar-refractivity contribution in [3.05, 3.63) is 137 Å². The summed E-state index contributed by atoms with van der Waals surface area (Å²) in [5, 5.41) is 0. The Morgan fingerprint density at radius 3 is 2.07 bits per heavy atom. The molecule has 5 aromatic rings. The number of halogens is 2. The summed E-state index contributed by atoms with van der Waals surface area (Å²) >= 11 is 1.51. The first kappa shape index (κ1) is 36.8. The van der Waals surface area contributed by atoms with E-state index in [1.54, 1.807) is 12.5 Å². The van der Waals surface area contributed by atoms with Crippen LogP contribution in [-0.4, -0.2) is 3.71 Å². The second-order valence-electron chi connectivity index (χ2n) is 12.9. The van der Waals surface area contributed by atoms with Crippen LogP contribution in [0.25, 0.3) is 22.3 Å². The molecule has 6 rings (SSSR count). The van der Waals surface area contributed by atoms with Gasteiger partial charge in [-0.2, -0.15) is 35.4 Å². The van der Waals surface area contributed by atoms with Gasteiger partial charge in [0, 0.05) is 12.5 Å². The van der Waals surface area contributed by atoms with Gasteiger partial charge in [0.05, 0.1) is 0 Å². The van der Waals surface area contributed by atoms with Gasteiger partial charge in [0.25, 0.3) is 0 Å². The normalized spacial score (nSPS) is 11.4. The zero-order valence-corrected chi connectivity index (χ0v) is 30.4. The minimum atomic E-state index is 0. The molecule has 1 aliphatic carbocycles. The average Bonchev–Trinajstić information content (AvgIpc) is 3.68. The Morgan fingerprint density at radius 1 is 0.837 bits per heavy atom. The third-order valence-electron chi connectivity index (χ3n) is 7.57. The van der Waals surface area contributed by atoms with Crippen molar-refractivity contribution in [3.8, 4) is 22.3 Å². The van der Waals surface area contributed by atoms with Crippen molar-refractivity contribution in [2.24, 2.45) is 0 Å². The van der Waals surface area contributed by atoms with Crippen molar-refractivity contribution in [2.75, 3.05) is 0 Å². The number of furan rings is 1. The standard InChI is InChI=1S/C21H25.C10H9O.C8H8.2ClH.Zr/c1-20(2,3)16-9-7-14-11-15-8-10-17(21(4,5)6)13-19(15)18(14)12-16;1-8-3-2-4-10(8)9-5-6-11-7-9;1-2-8-6-4-3-5-7-8;;;/h7,9-10,12-13H,11H2,1-6H3;2-7H,1H3;1,3-7H,2H2;2*1H;/q2*-1;;;;+2/p-2. The first-order valence-corrected chi connectivity index (χ1v) is 15.9. The van der Waals surface area contributed by atoms with Gasteiger partial charge < -0.3 is 29.2 Å². The summed E-state index contributed by atoms with van der Waals surface area (Å²) < 4.78 is 7.25. The van der Waals surface area contributed by atoms with Crippen molar-refractivity contribution in [1.82, 2.24) is 0 Å². The molecule has 43 heavy (non-hydrogen) atoms. The summed E-state index contributed by atoms with van der Waals surface area (Å²) in [7, 11) is 0. The van der Waals surface area contributed by atoms with Gasteiger partial charge >= 0.3 is 70.3 Å². The fraction of sp³-hybridized carbons (Fsp3) is 0.282. The maximum atomic E-state index is 4.99. The second-order valence-corrected chi connectivity index (χ2v) is 13.9. The number of rotatable bonds is 3. The van der Waals surface area contributed by atoms with Crippen LogP contribution in [0.5, 0.6) is 0 Å². The van der Waals surface area contributed by atoms with Gasteiger partial charge in [-0.1, -0.05) is 100 Å². The van der Waals surface area contributed by atoms with Crippen LogP contribution >= 0.6 is 0 Å². The van der Waals surface area contributed by atoms with Gasteiger partial charge in [0.1, 0.15) is 0 Å². The first-order valence-electron chi connectivity index (χ1n) is 14.4. The van der Waals surface area contributed by atoms with Crippen LogP contribution in [0.1, 0.15) is 74.9 Å². The number of hydrogen-bond acceptors (Lipinski definition) is 1. The summed E-state index contributed by atoms with van der Waals surface area (Å²) in [4.78, 5) is 0. The van der Waals surface area contributed by atoms with Crippen LogP contribution in [0.2, 0.25) is 0 Å². The quantitative estimate of drug-likeness (QED) is 0.254. The van der Waals surface area contributed by atoms with Gasteiger partial charge in [0.2, 0.25) is 0 Å². The molecule has 1 heterocycles. The molecule has 0 atom stereocenters. The first-order chi connectivity index (χ1) is 19.5. The van der Waals surface area contributed by atoms with Crippen LogP contribution in [0, 0.1) is 13.0 Å². The molecule has 1 aromatic heterocycles. The molecule has 0 unspecified atom stereocenters. The Kier molecular flexibility index (Phi) is 13.8. The van der Waals surface area contributed by atoms with Gasteiger partial charge in [0.15, 0.2) is 0 Å². The Morgan fingerprint density at radius 2 is 1.51 bits per heavy atom. The Labute approximate surface area is 286 Å². The van der Waals surface area contributed by atoms with Crippen LogP contribution in [0.4, 0.5) is 0 Å². The second kappa shape index (κ2) is 16.1. The predicted molar refractivity (Wildman–Crippen MR) is 172 cm³/mol. The summed E-state index contributed by atoms with van der Waals surface area (Å²) in [6, 6.07) is 33.8. The molecule has 0 aliphatic heterocycles. The SMILES string of the molecule is CC(C)(C)c1c[c-]c2c(c1)-c1cc(C(C)(C)C)ccc1C2.Cc1ccc[c-]1-c1ccoc1.[Cl-].[Cl-].[Zr+2]=[CH]Cc1ccccc1. The van der Waals surface area contributed by atoms with Crippen LogP contribution < -0.4 is 24.8 Å². The molecule has 0 bridgehead atoms. The molecule has 0 N–H and O–H groups in total. The minimum absolute atomic E-state index is 0. The van der Waals surface area contributed by atoms with Crippen molar-refractivity contribution in [1.29, 1.82) is 0 Å². The number of benzene rings is 3. The topological polar surface area (TPSA) is 13.1 Å². The van der Waals surface area contributed by atoms with E-state index in [4.69, 9.17) is 4.42 Å². The van der Waals surface area contributed by atoms with Crippen LogP contribution in [0.15, 0.2) is 102 Å². The molecular formula is C39H42Cl2OZr-2. The summed E-state index contributed by atoms with van der Waals surface area (Å²) in [6.45, 7) is 15.7. The number of aryl methyl sites for hydroxylation is 1. The molecule has 0 amide bonds. The molecule has 4 heteroatoms. The molecule has 0 fully saturated rings. The molecule has 4 aromatic carbocycles. The van der Waals surface area contributed by atoms with Gasteiger partial charge in [-0.05, 0) is 17.4 Å². The van der Waals surface area contributed by atoms with E-state index in [0.717, 1.165) is 18.4 Å². The van der Waals surface area contributed by atoms with E-state index in [0.29, 0.717) is 0 Å². The van der Waals surface area contributed by atoms with E-state index < -0.39 is 0 Å². The monoisotopic (exact) mass is 686 g/mol. The van der Waals surface area contributed by atoms with Gasteiger partial charge in [-0.25, -0.2) is 0 Å². The molecule has 224 valence electrons. The Bertz CT molecular complexity index is 1500. The third-order valence-corrected chi connectivity index (χ3v) is 8.07. The van der Waals surface area contributed by atoms with Crippen molar-refractivity contribution >= 4 is 3.71 Å². The molecule has 0 radical (unpaired) electrons. The summed E-state index contributed by atoms with van der Waals surface area (Å²) in [5.41, 5.74) is 13.9. The van der Waals surface area contributed by atoms with Crippen molar-refractivity contribution in [2.45, 2.75) is 72.1 Å². The van der Waals surface area contributed by atoms with E-state index in [1.807, 2.05) is 12.1 Å². The Balaban J connectivity index is 0.000000247. The number of fused-ring (bicyclic) bond motifs is 3. The average molecular weight is 689 g/mol. The van der Waals surface area contributed by atoms with Gasteiger partial charge in [-0.3, -0.25) is 0 Å². The van der Waals surface area contributed by atoms with Crippen LogP contribution in [-0.2, 0) is 47.9 Å². The molecular weight excluding hydrogens is 647 g/mol. The summed E-state index contributed by atoms with van der Waals surface area (Å²) in [5.74, 6) is 0. The zero-order chi connectivity index (χ0) is 29.6. The zero-order valence-electron chi connectivity index (χ0n) is 26.4. The molecule has 1 nitrogen and oxygen atoms in total. The third kappa shape index (κ3) is 9.81. The maximum absolute atomic E-state index is 4.99. The fourth-order valence-electron chi connectivity index (χ4n) is 4.97. The van der Waals surface area contributed by atoms with E-state index >= 15 is 0 Å². The van der Waals surface area contributed by atoms with Crippen LogP contribution in [0.3, 0.4) is 0 Å². The molecule has 0 saturated carbocycles. The van der Waals surface area contributed by atoms with E-state index in [-0.39, 0.29) is 35.6 Å². The van der Waals surface area contributed by atoms with Crippen molar-refractivity contribution < 1.29 is 53.5 Å². The fourth-order valence-corrected chi connectivity index (χ4v) is 5.55. The molecule has 0 saturated heterocycles. The van der Waals surface area contributed by atoms with Gasteiger partial charge in [-0.15, -0.1) is 23.3 Å². The predicted octanol–water partition coefficient (Wildman–Crippen LogP) is 4.21. The van der Waals surface area contributed by atoms with E-state index in [2.05, 4.69) is 131 Å². The van der Waals surface area contributed by atoms with E-state index in [9.17, 15) is 0 Å². The van der Waals surface area contributed by atoms with Crippen molar-refractivity contribution in [3.63, 3.8) is 0 Å². The number of hydrogen-bond donors (Lipinski definition) is 0. The van der Waals surface area contributed by atoms with E-state index in [1.165, 1.54) is 74.3 Å². The molecule has 1 aliphatic rings. The summed E-state index contributed by atoms with van der Waals surface area (Å²) in [6.07, 6.45) is 5.61. The Hall–Kier alpha value is -2.38.